The van der Waals surface area contributed by atoms with Crippen LogP contribution in [-0.2, 0) is 10.0 Å². The molecule has 0 aromatic rings. The molecule has 1 fully saturated rings. The smallest absolute Gasteiger partial charge is 0.212 e. The lowest BCUT2D eigenvalue weighted by molar-refractivity contribution is 0.394. The van der Waals surface area contributed by atoms with E-state index in [1.807, 2.05) is 0 Å². The summed E-state index contributed by atoms with van der Waals surface area (Å²) in [5.74, 6) is 0.385. The van der Waals surface area contributed by atoms with Crippen LogP contribution in [0.4, 0.5) is 0 Å². The first kappa shape index (κ1) is 15.3. The summed E-state index contributed by atoms with van der Waals surface area (Å²) in [6, 6.07) is 0. The second-order valence-electron chi connectivity index (χ2n) is 4.75. The predicted molar refractivity (Wildman–Crippen MR) is 73.0 cm³/mol. The van der Waals surface area contributed by atoms with Crippen LogP contribution in [0.25, 0.3) is 0 Å². The van der Waals surface area contributed by atoms with E-state index in [9.17, 15) is 8.42 Å². The third kappa shape index (κ3) is 4.42. The highest BCUT2D eigenvalue weighted by molar-refractivity contribution is 7.89. The minimum absolute atomic E-state index is 0.156. The van der Waals surface area contributed by atoms with Crippen LogP contribution in [0, 0.1) is 0 Å². The molecule has 1 aliphatic carbocycles. The fourth-order valence-electron chi connectivity index (χ4n) is 2.37. The summed E-state index contributed by atoms with van der Waals surface area (Å²) < 4.78 is 26.5. The standard InChI is InChI=1S/C12H24ClNO2S/c1-2-3-10-14(11-9-13)17(15,16)12-7-5-4-6-8-12/h12H,2-11H2,1H3. The molecule has 0 radical (unpaired) electrons. The van der Waals surface area contributed by atoms with Crippen molar-refractivity contribution in [2.24, 2.45) is 0 Å². The first-order chi connectivity index (χ1) is 8.12. The zero-order valence-corrected chi connectivity index (χ0v) is 12.3. The number of unbranched alkanes of at least 4 members (excludes halogenated alkanes) is 1. The third-order valence-electron chi connectivity index (χ3n) is 3.43. The van der Waals surface area contributed by atoms with Crippen molar-refractivity contribution >= 4 is 21.6 Å². The van der Waals surface area contributed by atoms with Gasteiger partial charge in [0.25, 0.3) is 0 Å². The Hall–Kier alpha value is 0.200. The lowest BCUT2D eigenvalue weighted by atomic mass is 10.0. The Labute approximate surface area is 111 Å². The highest BCUT2D eigenvalue weighted by Gasteiger charge is 2.32. The summed E-state index contributed by atoms with van der Waals surface area (Å²) in [5.41, 5.74) is 0. The Kier molecular flexibility index (Phi) is 6.82. The first-order valence-corrected chi connectivity index (χ1v) is 8.71. The van der Waals surface area contributed by atoms with Crippen molar-refractivity contribution in [1.82, 2.24) is 4.31 Å². The topological polar surface area (TPSA) is 37.4 Å². The molecule has 0 aromatic heterocycles. The molecule has 1 rings (SSSR count). The van der Waals surface area contributed by atoms with Gasteiger partial charge in [0.05, 0.1) is 5.25 Å². The number of hydrogen-bond acceptors (Lipinski definition) is 2. The molecule has 3 nitrogen and oxygen atoms in total. The molecule has 0 saturated heterocycles. The molecule has 102 valence electrons. The zero-order chi connectivity index (χ0) is 12.7. The van der Waals surface area contributed by atoms with Gasteiger partial charge in [-0.05, 0) is 19.3 Å². The van der Waals surface area contributed by atoms with Gasteiger partial charge < -0.3 is 0 Å². The summed E-state index contributed by atoms with van der Waals surface area (Å²) >= 11 is 5.71. The molecule has 0 amide bonds. The molecular weight excluding hydrogens is 258 g/mol. The summed E-state index contributed by atoms with van der Waals surface area (Å²) in [6.45, 7) is 3.16. The highest BCUT2D eigenvalue weighted by atomic mass is 35.5. The largest absolute Gasteiger partial charge is 0.217 e. The molecule has 0 aromatic carbocycles. The van der Waals surface area contributed by atoms with Crippen LogP contribution in [0.2, 0.25) is 0 Å². The van der Waals surface area contributed by atoms with Gasteiger partial charge in [-0.3, -0.25) is 0 Å². The van der Waals surface area contributed by atoms with Crippen LogP contribution in [-0.4, -0.2) is 36.9 Å². The van der Waals surface area contributed by atoms with Crippen molar-refractivity contribution < 1.29 is 8.42 Å². The second-order valence-corrected chi connectivity index (χ2v) is 7.34. The zero-order valence-electron chi connectivity index (χ0n) is 10.7. The molecule has 1 saturated carbocycles. The van der Waals surface area contributed by atoms with Crippen LogP contribution in [0.15, 0.2) is 0 Å². The van der Waals surface area contributed by atoms with Gasteiger partial charge in [-0.25, -0.2) is 12.7 Å². The van der Waals surface area contributed by atoms with Crippen molar-refractivity contribution in [1.29, 1.82) is 0 Å². The molecule has 0 N–H and O–H groups in total. The maximum absolute atomic E-state index is 12.4. The van der Waals surface area contributed by atoms with Crippen LogP contribution in [0.3, 0.4) is 0 Å². The van der Waals surface area contributed by atoms with Gasteiger partial charge in [-0.1, -0.05) is 32.6 Å². The van der Waals surface area contributed by atoms with E-state index in [4.69, 9.17) is 11.6 Å². The number of nitrogens with zero attached hydrogens (tertiary/aromatic N) is 1. The Bertz CT molecular complexity index is 300. The van der Waals surface area contributed by atoms with Crippen LogP contribution >= 0.6 is 11.6 Å². The van der Waals surface area contributed by atoms with Crippen molar-refractivity contribution in [2.45, 2.75) is 57.1 Å². The maximum atomic E-state index is 12.4. The lowest BCUT2D eigenvalue weighted by Gasteiger charge is -2.29. The van der Waals surface area contributed by atoms with E-state index in [1.54, 1.807) is 4.31 Å². The van der Waals surface area contributed by atoms with Gasteiger partial charge in [0.15, 0.2) is 0 Å². The number of sulfonamides is 1. The number of alkyl halides is 1. The van der Waals surface area contributed by atoms with Gasteiger partial charge >= 0.3 is 0 Å². The molecule has 1 aliphatic rings. The molecule has 5 heteroatoms. The van der Waals surface area contributed by atoms with Crippen molar-refractivity contribution in [2.75, 3.05) is 19.0 Å². The average Bonchev–Trinajstić information content (AvgIpc) is 2.35. The quantitative estimate of drug-likeness (QED) is 0.673. The third-order valence-corrected chi connectivity index (χ3v) is 6.00. The Morgan fingerprint density at radius 1 is 1.18 bits per heavy atom. The second kappa shape index (κ2) is 7.59. The average molecular weight is 282 g/mol. The predicted octanol–water partition coefficient (Wildman–Crippen LogP) is 2.99. The molecule has 0 spiro atoms. The molecule has 17 heavy (non-hydrogen) atoms. The summed E-state index contributed by atoms with van der Waals surface area (Å²) in [6.07, 6.45) is 6.86. The minimum atomic E-state index is -3.11. The molecule has 0 atom stereocenters. The minimum Gasteiger partial charge on any atom is -0.212 e. The van der Waals surface area contributed by atoms with E-state index >= 15 is 0 Å². The highest BCUT2D eigenvalue weighted by Crippen LogP contribution is 2.26. The summed E-state index contributed by atoms with van der Waals surface area (Å²) in [4.78, 5) is 0. The van der Waals surface area contributed by atoms with Crippen LogP contribution in [0.1, 0.15) is 51.9 Å². The van der Waals surface area contributed by atoms with Crippen molar-refractivity contribution in [3.8, 4) is 0 Å². The van der Waals surface area contributed by atoms with Gasteiger partial charge in [0, 0.05) is 19.0 Å². The first-order valence-electron chi connectivity index (χ1n) is 6.67. The fraction of sp³-hybridized carbons (Fsp3) is 1.00. The molecule has 0 heterocycles. The molecule has 0 unspecified atom stereocenters. The van der Waals surface area contributed by atoms with E-state index in [1.165, 1.54) is 6.42 Å². The maximum Gasteiger partial charge on any atom is 0.217 e. The van der Waals surface area contributed by atoms with E-state index in [0.717, 1.165) is 38.5 Å². The van der Waals surface area contributed by atoms with Crippen molar-refractivity contribution in [3.63, 3.8) is 0 Å². The number of halogens is 1. The normalized spacial score (nSPS) is 18.8. The monoisotopic (exact) mass is 281 g/mol. The Morgan fingerprint density at radius 2 is 1.82 bits per heavy atom. The number of rotatable bonds is 7. The molecular formula is C12H24ClNO2S. The summed E-state index contributed by atoms with van der Waals surface area (Å²) in [7, 11) is -3.11. The lowest BCUT2D eigenvalue weighted by Crippen LogP contribution is -2.41. The van der Waals surface area contributed by atoms with Crippen molar-refractivity contribution in [3.05, 3.63) is 0 Å². The molecule has 0 bridgehead atoms. The van der Waals surface area contributed by atoms with E-state index in [0.29, 0.717) is 19.0 Å². The fourth-order valence-corrected chi connectivity index (χ4v) is 4.75. The van der Waals surface area contributed by atoms with E-state index < -0.39 is 10.0 Å². The SMILES string of the molecule is CCCCN(CCCl)S(=O)(=O)C1CCCCC1. The Balaban J connectivity index is 2.67. The Morgan fingerprint density at radius 3 is 2.35 bits per heavy atom. The molecule has 0 aliphatic heterocycles. The van der Waals surface area contributed by atoms with Gasteiger partial charge in [0.2, 0.25) is 10.0 Å². The van der Waals surface area contributed by atoms with Gasteiger partial charge in [-0.15, -0.1) is 11.6 Å². The number of hydrogen-bond donors (Lipinski definition) is 0. The summed E-state index contributed by atoms with van der Waals surface area (Å²) in [5, 5.41) is -0.156. The van der Waals surface area contributed by atoms with E-state index in [2.05, 4.69) is 6.92 Å². The van der Waals surface area contributed by atoms with Crippen LogP contribution in [0.5, 0.6) is 0 Å². The van der Waals surface area contributed by atoms with Gasteiger partial charge in [0.1, 0.15) is 0 Å². The van der Waals surface area contributed by atoms with E-state index in [-0.39, 0.29) is 5.25 Å². The van der Waals surface area contributed by atoms with Crippen LogP contribution < -0.4 is 0 Å². The van der Waals surface area contributed by atoms with Gasteiger partial charge in [-0.2, -0.15) is 0 Å².